The van der Waals surface area contributed by atoms with Crippen LogP contribution in [0.4, 0.5) is 10.2 Å². The van der Waals surface area contributed by atoms with Crippen LogP contribution in [0.15, 0.2) is 24.3 Å². The van der Waals surface area contributed by atoms with Gasteiger partial charge in [-0.1, -0.05) is 12.1 Å². The van der Waals surface area contributed by atoms with Crippen molar-refractivity contribution in [1.29, 1.82) is 0 Å². The van der Waals surface area contributed by atoms with Crippen molar-refractivity contribution in [3.8, 4) is 0 Å². The molecule has 0 amide bonds. The van der Waals surface area contributed by atoms with Crippen molar-refractivity contribution in [3.05, 3.63) is 52.7 Å². The predicted octanol–water partition coefficient (Wildman–Crippen LogP) is 3.26. The summed E-state index contributed by atoms with van der Waals surface area (Å²) in [6, 6.07) is 6.45. The molecule has 19 heavy (non-hydrogen) atoms. The van der Waals surface area contributed by atoms with E-state index in [2.05, 4.69) is 15.3 Å². The van der Waals surface area contributed by atoms with Crippen LogP contribution in [-0.4, -0.2) is 16.5 Å². The summed E-state index contributed by atoms with van der Waals surface area (Å²) in [7, 11) is 0. The number of anilines is 1. The van der Waals surface area contributed by atoms with Gasteiger partial charge in [-0.3, -0.25) is 0 Å². The maximum atomic E-state index is 12.9. The van der Waals surface area contributed by atoms with E-state index in [0.29, 0.717) is 6.42 Å². The molecule has 2 aromatic rings. The fourth-order valence-corrected chi connectivity index (χ4v) is 1.89. The summed E-state index contributed by atoms with van der Waals surface area (Å²) in [5, 5.41) is 3.24. The first-order valence-corrected chi connectivity index (χ1v) is 6.42. The Kier molecular flexibility index (Phi) is 4.10. The van der Waals surface area contributed by atoms with Gasteiger partial charge in [-0.15, -0.1) is 0 Å². The zero-order valence-corrected chi connectivity index (χ0v) is 11.5. The monoisotopic (exact) mass is 259 g/mol. The molecule has 3 nitrogen and oxygen atoms in total. The molecule has 1 aromatic heterocycles. The highest BCUT2D eigenvalue weighted by molar-refractivity contribution is 5.45. The molecule has 0 fully saturated rings. The van der Waals surface area contributed by atoms with Gasteiger partial charge in [0.05, 0.1) is 0 Å². The summed E-state index contributed by atoms with van der Waals surface area (Å²) < 4.78 is 12.9. The summed E-state index contributed by atoms with van der Waals surface area (Å²) in [5.74, 6) is 1.41. The molecule has 2 rings (SSSR count). The molecule has 0 saturated heterocycles. The Morgan fingerprint density at radius 3 is 2.42 bits per heavy atom. The normalized spacial score (nSPS) is 10.5. The zero-order chi connectivity index (χ0) is 13.8. The Bertz CT molecular complexity index is 564. The van der Waals surface area contributed by atoms with Crippen LogP contribution in [-0.2, 0) is 6.42 Å². The molecule has 0 unspecified atom stereocenters. The van der Waals surface area contributed by atoms with E-state index in [-0.39, 0.29) is 5.82 Å². The molecule has 0 bridgehead atoms. The van der Waals surface area contributed by atoms with E-state index in [1.807, 2.05) is 20.8 Å². The highest BCUT2D eigenvalue weighted by Gasteiger charge is 2.08. The molecule has 0 radical (unpaired) electrons. The molecular weight excluding hydrogens is 241 g/mol. The molecule has 4 heteroatoms. The lowest BCUT2D eigenvalue weighted by Gasteiger charge is -2.11. The topological polar surface area (TPSA) is 37.8 Å². The number of hydrogen-bond acceptors (Lipinski definition) is 3. The second-order valence-corrected chi connectivity index (χ2v) is 4.53. The minimum Gasteiger partial charge on any atom is -0.370 e. The van der Waals surface area contributed by atoms with Gasteiger partial charge < -0.3 is 5.32 Å². The summed E-state index contributed by atoms with van der Waals surface area (Å²) in [6.45, 7) is 6.85. The number of halogens is 1. The van der Waals surface area contributed by atoms with Crippen molar-refractivity contribution in [2.24, 2.45) is 0 Å². The quantitative estimate of drug-likeness (QED) is 0.915. The van der Waals surface area contributed by atoms with Crippen LogP contribution < -0.4 is 5.32 Å². The average Bonchev–Trinajstić information content (AvgIpc) is 2.38. The van der Waals surface area contributed by atoms with E-state index in [9.17, 15) is 4.39 Å². The van der Waals surface area contributed by atoms with Crippen LogP contribution in [0.5, 0.6) is 0 Å². The number of rotatable bonds is 4. The van der Waals surface area contributed by atoms with Crippen LogP contribution >= 0.6 is 0 Å². The lowest BCUT2D eigenvalue weighted by atomic mass is 10.1. The molecular formula is C15H18FN3. The van der Waals surface area contributed by atoms with Gasteiger partial charge >= 0.3 is 0 Å². The third-order valence-corrected chi connectivity index (χ3v) is 3.06. The number of aromatic nitrogens is 2. The molecule has 0 aliphatic rings. The van der Waals surface area contributed by atoms with E-state index in [4.69, 9.17) is 0 Å². The smallest absolute Gasteiger partial charge is 0.135 e. The molecule has 0 spiro atoms. The minimum atomic E-state index is -0.224. The SMILES string of the molecule is CCNc1nc(Cc2ccc(F)cc2)nc(C)c1C. The van der Waals surface area contributed by atoms with Crippen molar-refractivity contribution in [2.75, 3.05) is 11.9 Å². The first-order chi connectivity index (χ1) is 9.10. The predicted molar refractivity (Wildman–Crippen MR) is 74.9 cm³/mol. The van der Waals surface area contributed by atoms with Gasteiger partial charge in [0.25, 0.3) is 0 Å². The average molecular weight is 259 g/mol. The number of nitrogens with one attached hydrogen (secondary N) is 1. The van der Waals surface area contributed by atoms with Crippen molar-refractivity contribution >= 4 is 5.82 Å². The second kappa shape index (κ2) is 5.78. The molecule has 100 valence electrons. The lowest BCUT2D eigenvalue weighted by Crippen LogP contribution is -2.08. The summed E-state index contributed by atoms with van der Waals surface area (Å²) in [5.41, 5.74) is 3.06. The fourth-order valence-electron chi connectivity index (χ4n) is 1.89. The molecule has 0 aliphatic carbocycles. The van der Waals surface area contributed by atoms with Gasteiger partial charge in [0.15, 0.2) is 0 Å². The van der Waals surface area contributed by atoms with Gasteiger partial charge in [0, 0.05) is 24.2 Å². The van der Waals surface area contributed by atoms with Crippen molar-refractivity contribution in [3.63, 3.8) is 0 Å². The first-order valence-electron chi connectivity index (χ1n) is 6.42. The molecule has 1 aromatic carbocycles. The van der Waals surface area contributed by atoms with Crippen LogP contribution in [0, 0.1) is 19.7 Å². The first kappa shape index (κ1) is 13.5. The van der Waals surface area contributed by atoms with E-state index < -0.39 is 0 Å². The lowest BCUT2D eigenvalue weighted by molar-refractivity contribution is 0.627. The van der Waals surface area contributed by atoms with Gasteiger partial charge in [-0.2, -0.15) is 0 Å². The van der Waals surface area contributed by atoms with Crippen LogP contribution in [0.2, 0.25) is 0 Å². The zero-order valence-electron chi connectivity index (χ0n) is 11.5. The standard InChI is InChI=1S/C15H18FN3/c1-4-17-15-10(2)11(3)18-14(19-15)9-12-5-7-13(16)8-6-12/h5-8H,4,9H2,1-3H3,(H,17,18,19). The highest BCUT2D eigenvalue weighted by Crippen LogP contribution is 2.16. The summed E-state index contributed by atoms with van der Waals surface area (Å²) >= 11 is 0. The Hall–Kier alpha value is -1.97. The van der Waals surface area contributed by atoms with E-state index in [1.165, 1.54) is 12.1 Å². The van der Waals surface area contributed by atoms with E-state index in [0.717, 1.165) is 35.0 Å². The molecule has 1 heterocycles. The van der Waals surface area contributed by atoms with Crippen molar-refractivity contribution in [1.82, 2.24) is 9.97 Å². The summed E-state index contributed by atoms with van der Waals surface area (Å²) in [6.07, 6.45) is 0.611. The van der Waals surface area contributed by atoms with Crippen LogP contribution in [0.1, 0.15) is 29.6 Å². The van der Waals surface area contributed by atoms with Crippen LogP contribution in [0.25, 0.3) is 0 Å². The maximum absolute atomic E-state index is 12.9. The summed E-state index contributed by atoms with van der Waals surface area (Å²) in [4.78, 5) is 9.01. The largest absolute Gasteiger partial charge is 0.370 e. The van der Waals surface area contributed by atoms with Crippen molar-refractivity contribution < 1.29 is 4.39 Å². The van der Waals surface area contributed by atoms with E-state index >= 15 is 0 Å². The van der Waals surface area contributed by atoms with Gasteiger partial charge in [-0.25, -0.2) is 14.4 Å². The Labute approximate surface area is 112 Å². The second-order valence-electron chi connectivity index (χ2n) is 4.53. The minimum absolute atomic E-state index is 0.224. The molecule has 1 N–H and O–H groups in total. The Morgan fingerprint density at radius 2 is 1.79 bits per heavy atom. The van der Waals surface area contributed by atoms with Gasteiger partial charge in [0.2, 0.25) is 0 Å². The Balaban J connectivity index is 2.27. The Morgan fingerprint density at radius 1 is 1.11 bits per heavy atom. The molecule has 0 saturated carbocycles. The third-order valence-electron chi connectivity index (χ3n) is 3.06. The number of hydrogen-bond donors (Lipinski definition) is 1. The van der Waals surface area contributed by atoms with Gasteiger partial charge in [-0.05, 0) is 38.5 Å². The van der Waals surface area contributed by atoms with Gasteiger partial charge in [0.1, 0.15) is 17.5 Å². The molecule has 0 atom stereocenters. The number of aryl methyl sites for hydroxylation is 1. The number of benzene rings is 1. The fraction of sp³-hybridized carbons (Fsp3) is 0.333. The van der Waals surface area contributed by atoms with Crippen molar-refractivity contribution in [2.45, 2.75) is 27.2 Å². The number of nitrogens with zero attached hydrogens (tertiary/aromatic N) is 2. The third kappa shape index (κ3) is 3.28. The highest BCUT2D eigenvalue weighted by atomic mass is 19.1. The van der Waals surface area contributed by atoms with Crippen LogP contribution in [0.3, 0.4) is 0 Å². The van der Waals surface area contributed by atoms with E-state index in [1.54, 1.807) is 12.1 Å². The molecule has 0 aliphatic heterocycles. The maximum Gasteiger partial charge on any atom is 0.135 e.